The number of fused-ring (bicyclic) bond motifs is 1. The number of hydrogen-bond acceptors (Lipinski definition) is 2. The van der Waals surface area contributed by atoms with Crippen molar-refractivity contribution in [3.8, 4) is 11.8 Å². The lowest BCUT2D eigenvalue weighted by atomic mass is 9.95. The van der Waals surface area contributed by atoms with Crippen molar-refractivity contribution < 1.29 is 9.47 Å². The predicted octanol–water partition coefficient (Wildman–Crippen LogP) is 4.86. The quantitative estimate of drug-likeness (QED) is 0.470. The molecular weight excluding hydrogens is 272 g/mol. The summed E-state index contributed by atoms with van der Waals surface area (Å²) in [6, 6.07) is 0. The number of allylic oxidation sites excluding steroid dienone is 2. The summed E-state index contributed by atoms with van der Waals surface area (Å²) in [6.07, 6.45) is 9.76. The summed E-state index contributed by atoms with van der Waals surface area (Å²) in [5.74, 6) is 7.20. The molecule has 0 aromatic rings. The average Bonchev–Trinajstić information content (AvgIpc) is 2.70. The first kappa shape index (κ1) is 17.3. The lowest BCUT2D eigenvalue weighted by molar-refractivity contribution is -0.143. The zero-order chi connectivity index (χ0) is 16.2. The third kappa shape index (κ3) is 5.30. The maximum absolute atomic E-state index is 6.08. The van der Waals surface area contributed by atoms with Gasteiger partial charge in [0.15, 0.2) is 5.79 Å². The number of ether oxygens (including phenoxy) is 2. The smallest absolute Gasteiger partial charge is 0.164 e. The Kier molecular flexibility index (Phi) is 5.89. The molecule has 1 aliphatic carbocycles. The van der Waals surface area contributed by atoms with Gasteiger partial charge in [0.05, 0.1) is 6.10 Å². The van der Waals surface area contributed by atoms with Gasteiger partial charge in [0.1, 0.15) is 6.10 Å². The van der Waals surface area contributed by atoms with E-state index < -0.39 is 5.79 Å². The van der Waals surface area contributed by atoms with Crippen molar-refractivity contribution in [3.63, 3.8) is 0 Å². The number of hydrogen-bond donors (Lipinski definition) is 0. The van der Waals surface area contributed by atoms with Crippen LogP contribution >= 0.6 is 0 Å². The molecule has 1 heterocycles. The van der Waals surface area contributed by atoms with Gasteiger partial charge in [-0.15, -0.1) is 0 Å². The van der Waals surface area contributed by atoms with Crippen LogP contribution in [0.3, 0.4) is 0 Å². The molecule has 1 saturated heterocycles. The van der Waals surface area contributed by atoms with Gasteiger partial charge in [0.25, 0.3) is 0 Å². The van der Waals surface area contributed by atoms with E-state index in [0.717, 1.165) is 37.7 Å². The Hall–Kier alpha value is -1.04. The van der Waals surface area contributed by atoms with E-state index >= 15 is 0 Å². The highest BCUT2D eigenvalue weighted by Gasteiger charge is 2.39. The zero-order valence-corrected chi connectivity index (χ0v) is 14.5. The Bertz CT molecular complexity index is 478. The highest BCUT2D eigenvalue weighted by atomic mass is 16.7. The van der Waals surface area contributed by atoms with Gasteiger partial charge >= 0.3 is 0 Å². The summed E-state index contributed by atoms with van der Waals surface area (Å²) in [4.78, 5) is 0. The van der Waals surface area contributed by atoms with Crippen LogP contribution in [0.15, 0.2) is 24.3 Å². The van der Waals surface area contributed by atoms with Gasteiger partial charge in [-0.05, 0) is 56.9 Å². The van der Waals surface area contributed by atoms with Crippen LogP contribution < -0.4 is 0 Å². The Labute approximate surface area is 136 Å². The summed E-state index contributed by atoms with van der Waals surface area (Å²) >= 11 is 0. The van der Waals surface area contributed by atoms with E-state index in [1.54, 1.807) is 0 Å². The molecule has 2 rings (SSSR count). The molecule has 0 aromatic carbocycles. The first-order valence-corrected chi connectivity index (χ1v) is 8.54. The van der Waals surface area contributed by atoms with Gasteiger partial charge in [-0.1, -0.05) is 44.4 Å². The number of rotatable bonds is 0. The van der Waals surface area contributed by atoms with Gasteiger partial charge in [0.2, 0.25) is 0 Å². The molecule has 1 aliphatic heterocycles. The lowest BCUT2D eigenvalue weighted by Gasteiger charge is -2.17. The van der Waals surface area contributed by atoms with Gasteiger partial charge in [-0.3, -0.25) is 0 Å². The van der Waals surface area contributed by atoms with Crippen LogP contribution in [0, 0.1) is 23.7 Å². The van der Waals surface area contributed by atoms with Crippen LogP contribution in [0.4, 0.5) is 0 Å². The molecule has 0 N–H and O–H groups in total. The van der Waals surface area contributed by atoms with Crippen LogP contribution in [0.5, 0.6) is 0 Å². The molecule has 2 aliphatic rings. The Morgan fingerprint density at radius 2 is 1.95 bits per heavy atom. The summed E-state index contributed by atoms with van der Waals surface area (Å²) < 4.78 is 12.1. The summed E-state index contributed by atoms with van der Waals surface area (Å²) in [6.45, 7) is 12.6. The monoisotopic (exact) mass is 302 g/mol. The molecule has 0 radical (unpaired) electrons. The minimum absolute atomic E-state index is 0.0756. The minimum Gasteiger partial charge on any atom is -0.344 e. The molecule has 122 valence electrons. The molecule has 4 atom stereocenters. The normalized spacial score (nSPS) is 37.5. The molecule has 0 amide bonds. The molecule has 0 saturated carbocycles. The Morgan fingerprint density at radius 1 is 1.18 bits per heavy atom. The van der Waals surface area contributed by atoms with E-state index in [9.17, 15) is 0 Å². The van der Waals surface area contributed by atoms with E-state index in [4.69, 9.17) is 9.47 Å². The summed E-state index contributed by atoms with van der Waals surface area (Å²) in [5, 5.41) is 0. The van der Waals surface area contributed by atoms with Gasteiger partial charge in [-0.2, -0.15) is 0 Å². The average molecular weight is 302 g/mol. The second kappa shape index (κ2) is 7.49. The van der Waals surface area contributed by atoms with Crippen LogP contribution in [-0.4, -0.2) is 18.0 Å². The van der Waals surface area contributed by atoms with Crippen LogP contribution in [0.1, 0.15) is 59.8 Å². The van der Waals surface area contributed by atoms with E-state index in [1.807, 2.05) is 13.8 Å². The third-order valence-corrected chi connectivity index (χ3v) is 4.34. The summed E-state index contributed by atoms with van der Waals surface area (Å²) in [7, 11) is 0. The second-order valence-electron chi connectivity index (χ2n) is 7.40. The van der Waals surface area contributed by atoms with Crippen LogP contribution in [0.2, 0.25) is 0 Å². The fourth-order valence-electron chi connectivity index (χ4n) is 3.15. The molecule has 22 heavy (non-hydrogen) atoms. The highest BCUT2D eigenvalue weighted by Crippen LogP contribution is 2.32. The van der Waals surface area contributed by atoms with Crippen molar-refractivity contribution in [1.29, 1.82) is 0 Å². The second-order valence-corrected chi connectivity index (χ2v) is 7.40. The molecule has 0 aromatic heterocycles. The van der Waals surface area contributed by atoms with E-state index in [2.05, 4.69) is 44.4 Å². The molecular formula is C20H30O2. The SMILES string of the molecule is C=C1C#CCC(C)CC[C@@H]2OC(C)(C)O[C@@H]2/C=C/C[C@H](C)C1. The maximum atomic E-state index is 6.08. The van der Waals surface area contributed by atoms with Gasteiger partial charge < -0.3 is 9.47 Å². The van der Waals surface area contributed by atoms with Crippen LogP contribution in [0.25, 0.3) is 0 Å². The van der Waals surface area contributed by atoms with Crippen molar-refractivity contribution >= 4 is 0 Å². The van der Waals surface area contributed by atoms with E-state index in [1.165, 1.54) is 0 Å². The highest BCUT2D eigenvalue weighted by molar-refractivity contribution is 5.26. The molecule has 1 unspecified atom stereocenters. The first-order chi connectivity index (χ1) is 10.4. The zero-order valence-electron chi connectivity index (χ0n) is 14.5. The Morgan fingerprint density at radius 3 is 2.73 bits per heavy atom. The fraction of sp³-hybridized carbons (Fsp3) is 0.700. The van der Waals surface area contributed by atoms with E-state index in [-0.39, 0.29) is 12.2 Å². The molecule has 2 heteroatoms. The molecule has 2 nitrogen and oxygen atoms in total. The largest absolute Gasteiger partial charge is 0.344 e. The fourth-order valence-corrected chi connectivity index (χ4v) is 3.15. The first-order valence-electron chi connectivity index (χ1n) is 8.54. The minimum atomic E-state index is -0.476. The molecule has 0 bridgehead atoms. The Balaban J connectivity index is 2.09. The van der Waals surface area contributed by atoms with Crippen molar-refractivity contribution in [2.24, 2.45) is 11.8 Å². The molecule has 0 spiro atoms. The van der Waals surface area contributed by atoms with Gasteiger partial charge in [0, 0.05) is 6.42 Å². The third-order valence-electron chi connectivity index (χ3n) is 4.34. The maximum Gasteiger partial charge on any atom is 0.164 e. The molecule has 1 fully saturated rings. The lowest BCUT2D eigenvalue weighted by Crippen LogP contribution is -2.22. The van der Waals surface area contributed by atoms with Crippen molar-refractivity contribution in [2.75, 3.05) is 0 Å². The van der Waals surface area contributed by atoms with Gasteiger partial charge in [-0.25, -0.2) is 0 Å². The van der Waals surface area contributed by atoms with Crippen molar-refractivity contribution in [3.05, 3.63) is 24.3 Å². The topological polar surface area (TPSA) is 18.5 Å². The summed E-state index contributed by atoms with van der Waals surface area (Å²) in [5.41, 5.74) is 1.06. The van der Waals surface area contributed by atoms with Crippen molar-refractivity contribution in [2.45, 2.75) is 77.8 Å². The standard InChI is InChI=1S/C20H30O2/c1-15-8-6-9-16(2)14-17(3)10-7-11-18-19(13-12-15)22-20(4,5)21-18/h7,11,15,17-19H,2,8,10,12-14H2,1,3-5H3/b11-7+/t15?,17-,18+,19-/m0/s1. The van der Waals surface area contributed by atoms with E-state index in [0.29, 0.717) is 11.8 Å². The predicted molar refractivity (Wildman–Crippen MR) is 91.3 cm³/mol. The van der Waals surface area contributed by atoms with Crippen molar-refractivity contribution in [1.82, 2.24) is 0 Å². The van der Waals surface area contributed by atoms with Crippen LogP contribution in [-0.2, 0) is 9.47 Å².